The maximum Gasteiger partial charge on any atom is 0.407 e. The molecule has 3 amide bonds. The van der Waals surface area contributed by atoms with Gasteiger partial charge in [0.15, 0.2) is 5.82 Å². The van der Waals surface area contributed by atoms with Crippen molar-refractivity contribution in [2.75, 3.05) is 26.7 Å². The third kappa shape index (κ3) is 7.09. The second-order valence-corrected chi connectivity index (χ2v) is 17.3. The molecule has 9 rings (SSSR count). The first-order valence-electron chi connectivity index (χ1n) is 20.3. The van der Waals surface area contributed by atoms with Gasteiger partial charge in [-0.15, -0.1) is 0 Å². The highest BCUT2D eigenvalue weighted by atomic mass is 16.6. The van der Waals surface area contributed by atoms with E-state index >= 15 is 0 Å². The number of likely N-dealkylation sites (tertiary alicyclic amines) is 2. The highest BCUT2D eigenvalue weighted by Crippen LogP contribution is 2.42. The maximum atomic E-state index is 14.4. The van der Waals surface area contributed by atoms with E-state index in [9.17, 15) is 14.4 Å². The molecule has 300 valence electrons. The molecule has 1 N–H and O–H groups in total. The van der Waals surface area contributed by atoms with Gasteiger partial charge in [0.25, 0.3) is 11.8 Å². The van der Waals surface area contributed by atoms with Gasteiger partial charge in [0, 0.05) is 62.3 Å². The van der Waals surface area contributed by atoms with Crippen LogP contribution < -0.4 is 10.1 Å². The van der Waals surface area contributed by atoms with E-state index in [1.54, 1.807) is 7.11 Å². The number of hydrogen-bond acceptors (Lipinski definition) is 10. The van der Waals surface area contributed by atoms with Crippen molar-refractivity contribution < 1.29 is 23.9 Å². The van der Waals surface area contributed by atoms with Gasteiger partial charge in [0.05, 0.1) is 36.0 Å². The van der Waals surface area contributed by atoms with Gasteiger partial charge in [0.1, 0.15) is 28.6 Å². The lowest BCUT2D eigenvalue weighted by molar-refractivity contribution is 0.0484. The Morgan fingerprint density at radius 2 is 1.66 bits per heavy atom. The van der Waals surface area contributed by atoms with Crippen molar-refractivity contribution in [3.8, 4) is 23.3 Å². The number of amides is 3. The lowest BCUT2D eigenvalue weighted by Crippen LogP contribution is -2.46. The summed E-state index contributed by atoms with van der Waals surface area (Å²) in [6, 6.07) is 11.5. The van der Waals surface area contributed by atoms with Crippen LogP contribution in [-0.2, 0) is 17.8 Å². The molecule has 0 unspecified atom stereocenters. The van der Waals surface area contributed by atoms with Gasteiger partial charge in [-0.1, -0.05) is 0 Å². The summed E-state index contributed by atoms with van der Waals surface area (Å²) >= 11 is 0. The monoisotopic (exact) mass is 784 g/mol. The van der Waals surface area contributed by atoms with Crippen LogP contribution in [0.2, 0.25) is 0 Å². The highest BCUT2D eigenvalue weighted by Gasteiger charge is 2.50. The smallest absolute Gasteiger partial charge is 0.407 e. The summed E-state index contributed by atoms with van der Waals surface area (Å²) in [7, 11) is 1.63. The van der Waals surface area contributed by atoms with Crippen molar-refractivity contribution >= 4 is 40.0 Å². The van der Waals surface area contributed by atoms with Crippen molar-refractivity contribution in [1.29, 1.82) is 5.26 Å². The molecule has 4 aromatic heterocycles. The molecule has 4 aliphatic rings. The van der Waals surface area contributed by atoms with Gasteiger partial charge in [-0.2, -0.15) is 5.26 Å². The number of nitrogens with zero attached hydrogens (tertiary/aromatic N) is 9. The van der Waals surface area contributed by atoms with E-state index in [1.807, 2.05) is 61.0 Å². The number of nitrogens with one attached hydrogen (secondary N) is 1. The number of fused-ring (bicyclic) bond motifs is 4. The Morgan fingerprint density at radius 3 is 2.36 bits per heavy atom. The van der Waals surface area contributed by atoms with Crippen LogP contribution in [0.25, 0.3) is 33.6 Å². The quantitative estimate of drug-likeness (QED) is 0.192. The van der Waals surface area contributed by atoms with E-state index in [0.717, 1.165) is 60.3 Å². The molecule has 2 aliphatic carbocycles. The first kappa shape index (κ1) is 37.5. The van der Waals surface area contributed by atoms with Gasteiger partial charge in [-0.05, 0) is 107 Å². The topological polar surface area (TPSA) is 173 Å². The van der Waals surface area contributed by atoms with Crippen LogP contribution in [0.15, 0.2) is 48.9 Å². The molecule has 2 saturated heterocycles. The standard InChI is InChI=1S/C43H48N10O5/c1-43(2,3)58-42(56)49-36-28-9-10-32(36)52(24-28)41(55)29-16-31-37(34(18-29)57-4)53(23-26-11-14-50(15-12-26)40(54)30-20-46-35(19-44)47-21-30)39(48-31)33-17-27-6-5-13-45-38(27)51(33)22-25-7-8-25/h5-6,13,16-18,20-21,25-26,28,32,36H,7-12,14-15,22-24H2,1-4H3,(H,49,56)/t28-,32-,36-/m1/s1. The average molecular weight is 785 g/mol. The molecular weight excluding hydrogens is 737 g/mol. The zero-order chi connectivity index (χ0) is 40.3. The van der Waals surface area contributed by atoms with Gasteiger partial charge < -0.3 is 33.7 Å². The summed E-state index contributed by atoms with van der Waals surface area (Å²) in [5.74, 6) is 2.07. The summed E-state index contributed by atoms with van der Waals surface area (Å²) < 4.78 is 16.2. The summed E-state index contributed by atoms with van der Waals surface area (Å²) in [5, 5.41) is 13.2. The summed E-state index contributed by atoms with van der Waals surface area (Å²) in [5.41, 5.74) is 3.59. The average Bonchev–Trinajstić information content (AvgIpc) is 3.53. The third-order valence-corrected chi connectivity index (χ3v) is 12.2. The number of imidazole rings is 1. The molecule has 5 aromatic rings. The lowest BCUT2D eigenvalue weighted by atomic mass is 9.96. The molecule has 2 bridgehead atoms. The van der Waals surface area contributed by atoms with Gasteiger partial charge >= 0.3 is 6.09 Å². The van der Waals surface area contributed by atoms with Crippen LogP contribution in [0.3, 0.4) is 0 Å². The van der Waals surface area contributed by atoms with Gasteiger partial charge in [0.2, 0.25) is 5.82 Å². The van der Waals surface area contributed by atoms with Crippen LogP contribution in [-0.4, -0.2) is 101 Å². The zero-order valence-electron chi connectivity index (χ0n) is 33.3. The molecule has 0 radical (unpaired) electrons. The molecule has 15 nitrogen and oxygen atoms in total. The number of nitriles is 1. The predicted octanol–water partition coefficient (Wildman–Crippen LogP) is 5.81. The predicted molar refractivity (Wildman–Crippen MR) is 214 cm³/mol. The van der Waals surface area contributed by atoms with E-state index < -0.39 is 11.7 Å². The van der Waals surface area contributed by atoms with E-state index in [2.05, 4.69) is 36.6 Å². The number of benzene rings is 1. The molecule has 2 aliphatic heterocycles. The second-order valence-electron chi connectivity index (χ2n) is 17.3. The minimum Gasteiger partial charge on any atom is -0.494 e. The first-order chi connectivity index (χ1) is 28.0. The van der Waals surface area contributed by atoms with E-state index in [1.165, 1.54) is 25.2 Å². The van der Waals surface area contributed by atoms with Gasteiger partial charge in [-0.25, -0.2) is 24.7 Å². The molecule has 6 heterocycles. The van der Waals surface area contributed by atoms with Crippen molar-refractivity contribution in [3.05, 3.63) is 65.9 Å². The number of ether oxygens (including phenoxy) is 2. The molecule has 1 aromatic carbocycles. The number of rotatable bonds is 9. The Bertz CT molecular complexity index is 2450. The maximum absolute atomic E-state index is 14.4. The number of piperidine rings is 2. The third-order valence-electron chi connectivity index (χ3n) is 12.2. The number of methoxy groups -OCH3 is 1. The minimum absolute atomic E-state index is 0.0294. The van der Waals surface area contributed by atoms with Crippen molar-refractivity contribution in [2.45, 2.75) is 90.1 Å². The van der Waals surface area contributed by atoms with Crippen molar-refractivity contribution in [3.63, 3.8) is 0 Å². The number of carbonyl (C=O) groups is 3. The Hall–Kier alpha value is -6.04. The summed E-state index contributed by atoms with van der Waals surface area (Å²) in [6.45, 7) is 8.68. The Labute approximate surface area is 336 Å². The SMILES string of the molecule is COc1cc(C(=O)N2C[C@H]3CC[C@@H]2[C@@H]3NC(=O)OC(C)(C)C)cc2nc(-c3cc4cccnc4n3CC3CC3)n(CC3CCN(C(=O)c4cnc(C#N)nc4)CC3)c12. The minimum atomic E-state index is -0.617. The molecular formula is C43H48N10O5. The Balaban J connectivity index is 1.04. The molecule has 3 atom stereocenters. The summed E-state index contributed by atoms with van der Waals surface area (Å²) in [6.07, 6.45) is 9.84. The lowest BCUT2D eigenvalue weighted by Gasteiger charge is -2.32. The number of aromatic nitrogens is 6. The van der Waals surface area contributed by atoms with E-state index in [0.29, 0.717) is 54.5 Å². The molecule has 4 fully saturated rings. The fraction of sp³-hybridized carbons (Fsp3) is 0.488. The fourth-order valence-corrected chi connectivity index (χ4v) is 9.21. The van der Waals surface area contributed by atoms with Crippen LogP contribution >= 0.6 is 0 Å². The van der Waals surface area contributed by atoms with E-state index in [4.69, 9.17) is 24.7 Å². The molecule has 58 heavy (non-hydrogen) atoms. The van der Waals surface area contributed by atoms with Crippen molar-refractivity contribution in [2.24, 2.45) is 17.8 Å². The number of carbonyl (C=O) groups excluding carboxylic acids is 3. The summed E-state index contributed by atoms with van der Waals surface area (Å²) in [4.78, 5) is 62.4. The molecule has 15 heteroatoms. The second kappa shape index (κ2) is 14.7. The van der Waals surface area contributed by atoms with Crippen LogP contribution in [0.5, 0.6) is 5.75 Å². The zero-order valence-corrected chi connectivity index (χ0v) is 33.3. The van der Waals surface area contributed by atoms with Gasteiger partial charge in [-0.3, -0.25) is 9.59 Å². The molecule has 0 spiro atoms. The van der Waals surface area contributed by atoms with Crippen LogP contribution in [0.1, 0.15) is 85.8 Å². The first-order valence-corrected chi connectivity index (χ1v) is 20.3. The van der Waals surface area contributed by atoms with Crippen LogP contribution in [0, 0.1) is 29.1 Å². The largest absolute Gasteiger partial charge is 0.494 e. The normalized spacial score (nSPS) is 20.8. The Morgan fingerprint density at radius 1 is 0.914 bits per heavy atom. The van der Waals surface area contributed by atoms with Crippen LogP contribution in [0.4, 0.5) is 4.79 Å². The van der Waals surface area contributed by atoms with Crippen molar-refractivity contribution in [1.82, 2.24) is 44.2 Å². The number of pyridine rings is 1. The number of alkyl carbamates (subject to hydrolysis) is 1. The highest BCUT2D eigenvalue weighted by molar-refractivity contribution is 6.00. The molecule has 2 saturated carbocycles. The number of hydrogen-bond donors (Lipinski definition) is 1. The Kier molecular flexibility index (Phi) is 9.52. The fourth-order valence-electron chi connectivity index (χ4n) is 9.21. The van der Waals surface area contributed by atoms with E-state index in [-0.39, 0.29) is 41.6 Å².